The van der Waals surface area contributed by atoms with E-state index in [0.717, 1.165) is 24.2 Å². The van der Waals surface area contributed by atoms with Crippen molar-refractivity contribution in [1.29, 1.82) is 0 Å². The minimum atomic E-state index is -3.83. The van der Waals surface area contributed by atoms with Gasteiger partial charge in [0.15, 0.2) is 0 Å². The van der Waals surface area contributed by atoms with E-state index in [1.807, 2.05) is 13.0 Å². The quantitative estimate of drug-likeness (QED) is 0.493. The van der Waals surface area contributed by atoms with Gasteiger partial charge in [-0.15, -0.1) is 0 Å². The van der Waals surface area contributed by atoms with E-state index in [2.05, 4.69) is 46.6 Å². The Balaban J connectivity index is 1.54. The summed E-state index contributed by atoms with van der Waals surface area (Å²) in [6.45, 7) is 8.27. The monoisotopic (exact) mass is 493 g/mol. The first kappa shape index (κ1) is 24.6. The van der Waals surface area contributed by atoms with Crippen LogP contribution < -0.4 is 14.5 Å². The molecule has 8 heteroatoms. The first-order chi connectivity index (χ1) is 16.7. The summed E-state index contributed by atoms with van der Waals surface area (Å²) in [6.07, 6.45) is 0.815. The number of sulfonamides is 1. The highest BCUT2D eigenvalue weighted by molar-refractivity contribution is 7.92. The number of hydrogen-bond acceptors (Lipinski definition) is 5. The number of piperazine rings is 1. The predicted molar refractivity (Wildman–Crippen MR) is 140 cm³/mol. The van der Waals surface area contributed by atoms with Crippen LogP contribution in [0.25, 0.3) is 0 Å². The molecule has 35 heavy (non-hydrogen) atoms. The molecular weight excluding hydrogens is 462 g/mol. The molecule has 4 rings (SSSR count). The minimum absolute atomic E-state index is 0.0720. The van der Waals surface area contributed by atoms with Crippen LogP contribution in [0.2, 0.25) is 0 Å². The van der Waals surface area contributed by atoms with E-state index in [4.69, 9.17) is 0 Å². The highest BCUT2D eigenvalue weighted by Gasteiger charge is 2.27. The summed E-state index contributed by atoms with van der Waals surface area (Å²) in [5.41, 5.74) is 4.28. The van der Waals surface area contributed by atoms with Gasteiger partial charge in [-0.25, -0.2) is 13.2 Å². The Morgan fingerprint density at radius 1 is 1.06 bits per heavy atom. The van der Waals surface area contributed by atoms with E-state index in [-0.39, 0.29) is 22.2 Å². The van der Waals surface area contributed by atoms with Gasteiger partial charge >= 0.3 is 5.97 Å². The smallest absolute Gasteiger partial charge is 0.337 e. The first-order valence-electron chi connectivity index (χ1n) is 11.8. The number of carboxylic acid groups (broad SMARTS) is 1. The average Bonchev–Trinajstić information content (AvgIpc) is 2.83. The zero-order valence-corrected chi connectivity index (χ0v) is 21.0. The van der Waals surface area contributed by atoms with Crippen molar-refractivity contribution < 1.29 is 18.3 Å². The van der Waals surface area contributed by atoms with Crippen LogP contribution in [-0.2, 0) is 16.4 Å². The van der Waals surface area contributed by atoms with Crippen molar-refractivity contribution >= 4 is 33.1 Å². The molecule has 0 bridgehead atoms. The van der Waals surface area contributed by atoms with Crippen molar-refractivity contribution in [2.24, 2.45) is 0 Å². The topological polar surface area (TPSA) is 90.0 Å². The lowest BCUT2D eigenvalue weighted by atomic mass is 10.1. The lowest BCUT2D eigenvalue weighted by Gasteiger charge is -2.42. The second-order valence-electron chi connectivity index (χ2n) is 8.97. The number of carbonyl (C=O) groups is 1. The third-order valence-corrected chi connectivity index (χ3v) is 7.82. The molecule has 1 aliphatic rings. The van der Waals surface area contributed by atoms with Gasteiger partial charge in [0.05, 0.1) is 16.1 Å². The molecule has 1 fully saturated rings. The van der Waals surface area contributed by atoms with Crippen molar-refractivity contribution in [3.63, 3.8) is 0 Å². The Hall–Kier alpha value is -3.52. The number of carboxylic acids is 1. The van der Waals surface area contributed by atoms with Gasteiger partial charge in [-0.3, -0.25) is 4.72 Å². The van der Waals surface area contributed by atoms with Gasteiger partial charge in [-0.2, -0.15) is 0 Å². The summed E-state index contributed by atoms with van der Waals surface area (Å²) in [5, 5.41) is 9.91. The number of anilines is 3. The maximum atomic E-state index is 12.8. The van der Waals surface area contributed by atoms with Gasteiger partial charge in [-0.1, -0.05) is 31.2 Å². The van der Waals surface area contributed by atoms with Gasteiger partial charge < -0.3 is 14.9 Å². The van der Waals surface area contributed by atoms with Crippen LogP contribution in [0.4, 0.5) is 17.1 Å². The summed E-state index contributed by atoms with van der Waals surface area (Å²) in [6, 6.07) is 19.9. The molecule has 0 amide bonds. The molecule has 1 atom stereocenters. The predicted octanol–water partition coefficient (Wildman–Crippen LogP) is 4.77. The second-order valence-corrected chi connectivity index (χ2v) is 10.6. The van der Waals surface area contributed by atoms with Crippen molar-refractivity contribution in [2.45, 2.75) is 38.1 Å². The molecule has 3 aromatic carbocycles. The van der Waals surface area contributed by atoms with Crippen LogP contribution in [0.15, 0.2) is 71.6 Å². The zero-order valence-electron chi connectivity index (χ0n) is 20.2. The molecule has 2 N–H and O–H groups in total. The van der Waals surface area contributed by atoms with Gasteiger partial charge in [0.1, 0.15) is 0 Å². The zero-order chi connectivity index (χ0) is 25.2. The largest absolute Gasteiger partial charge is 0.478 e. The molecule has 1 heterocycles. The SMILES string of the molecule is CCc1ccc(S(=O)(=O)Nc2ccc(N3CCN(c4cccc(C)c4)[C@@H](C)C3)c(C(=O)O)c2)cc1. The number of aromatic carboxylic acids is 1. The van der Waals surface area contributed by atoms with Gasteiger partial charge in [-0.05, 0) is 73.9 Å². The van der Waals surface area contributed by atoms with Gasteiger partial charge in [0.25, 0.3) is 10.0 Å². The fourth-order valence-corrected chi connectivity index (χ4v) is 5.58. The Labute approximate surface area is 207 Å². The highest BCUT2D eigenvalue weighted by atomic mass is 32.2. The molecular formula is C27H31N3O4S. The Morgan fingerprint density at radius 3 is 2.43 bits per heavy atom. The van der Waals surface area contributed by atoms with E-state index in [1.54, 1.807) is 36.4 Å². The van der Waals surface area contributed by atoms with Gasteiger partial charge in [0.2, 0.25) is 0 Å². The number of nitrogens with zero attached hydrogens (tertiary/aromatic N) is 2. The molecule has 0 aliphatic carbocycles. The molecule has 184 valence electrons. The van der Waals surface area contributed by atoms with Crippen LogP contribution in [0.5, 0.6) is 0 Å². The number of aryl methyl sites for hydroxylation is 2. The van der Waals surface area contributed by atoms with Crippen LogP contribution in [-0.4, -0.2) is 45.2 Å². The molecule has 3 aromatic rings. The van der Waals surface area contributed by atoms with Crippen LogP contribution in [0.3, 0.4) is 0 Å². The molecule has 0 aromatic heterocycles. The summed E-state index contributed by atoms with van der Waals surface area (Å²) >= 11 is 0. The minimum Gasteiger partial charge on any atom is -0.478 e. The Morgan fingerprint density at radius 2 is 1.80 bits per heavy atom. The van der Waals surface area contributed by atoms with Gasteiger partial charge in [0, 0.05) is 37.1 Å². The molecule has 0 radical (unpaired) electrons. The third kappa shape index (κ3) is 5.43. The lowest BCUT2D eigenvalue weighted by molar-refractivity contribution is 0.0697. The molecule has 1 aliphatic heterocycles. The Kier molecular flexibility index (Phi) is 7.03. The fourth-order valence-electron chi connectivity index (χ4n) is 4.53. The number of nitrogens with one attached hydrogen (secondary N) is 1. The normalized spacial score (nSPS) is 16.3. The van der Waals surface area contributed by atoms with Crippen LogP contribution in [0.1, 0.15) is 35.3 Å². The second kappa shape index (κ2) is 10.00. The molecule has 0 spiro atoms. The number of benzene rings is 3. The number of hydrogen-bond donors (Lipinski definition) is 2. The maximum absolute atomic E-state index is 12.8. The average molecular weight is 494 g/mol. The third-order valence-electron chi connectivity index (χ3n) is 6.42. The molecule has 1 saturated heterocycles. The van der Waals surface area contributed by atoms with Crippen molar-refractivity contribution in [2.75, 3.05) is 34.2 Å². The molecule has 0 unspecified atom stereocenters. The lowest BCUT2D eigenvalue weighted by Crippen LogP contribution is -2.52. The van der Waals surface area contributed by atoms with E-state index >= 15 is 0 Å². The van der Waals surface area contributed by atoms with Crippen molar-refractivity contribution in [1.82, 2.24) is 0 Å². The van der Waals surface area contributed by atoms with E-state index in [0.29, 0.717) is 18.8 Å². The summed E-state index contributed by atoms with van der Waals surface area (Å²) in [7, 11) is -3.83. The van der Waals surface area contributed by atoms with Crippen molar-refractivity contribution in [3.8, 4) is 0 Å². The first-order valence-corrected chi connectivity index (χ1v) is 13.2. The molecule has 0 saturated carbocycles. The maximum Gasteiger partial charge on any atom is 0.337 e. The van der Waals surface area contributed by atoms with Crippen LogP contribution in [0, 0.1) is 6.92 Å². The molecule has 7 nitrogen and oxygen atoms in total. The van der Waals surface area contributed by atoms with E-state index < -0.39 is 16.0 Å². The van der Waals surface area contributed by atoms with E-state index in [9.17, 15) is 18.3 Å². The van der Waals surface area contributed by atoms with Crippen molar-refractivity contribution in [3.05, 3.63) is 83.4 Å². The van der Waals surface area contributed by atoms with E-state index in [1.165, 1.54) is 11.6 Å². The summed E-state index contributed by atoms with van der Waals surface area (Å²) in [5.74, 6) is -1.10. The highest BCUT2D eigenvalue weighted by Crippen LogP contribution is 2.30. The summed E-state index contributed by atoms with van der Waals surface area (Å²) < 4.78 is 28.2. The number of rotatable bonds is 7. The summed E-state index contributed by atoms with van der Waals surface area (Å²) in [4.78, 5) is 16.6. The standard InChI is InChI=1S/C27H31N3O4S/c1-4-21-8-11-24(12-9-21)35(33,34)28-22-10-13-26(25(17-22)27(31)32)29-14-15-30(20(3)18-29)23-7-5-6-19(2)16-23/h5-13,16-17,20,28H,4,14-15,18H2,1-3H3,(H,31,32)/t20-/m0/s1. The fraction of sp³-hybridized carbons (Fsp3) is 0.296. The Bertz CT molecular complexity index is 1320. The van der Waals surface area contributed by atoms with Crippen LogP contribution >= 0.6 is 0 Å².